The topological polar surface area (TPSA) is 72.7 Å². The van der Waals surface area contributed by atoms with E-state index in [4.69, 9.17) is 0 Å². The number of imidazole rings is 1. The van der Waals surface area contributed by atoms with Gasteiger partial charge >= 0.3 is 0 Å². The molecule has 116 valence electrons. The maximum Gasteiger partial charge on any atom is 0.270 e. The van der Waals surface area contributed by atoms with Crippen LogP contribution in [0.4, 0.5) is 0 Å². The predicted molar refractivity (Wildman–Crippen MR) is 82.7 cm³/mol. The van der Waals surface area contributed by atoms with Crippen LogP contribution < -0.4 is 5.32 Å². The van der Waals surface area contributed by atoms with Crippen molar-refractivity contribution in [1.29, 1.82) is 0 Å². The summed E-state index contributed by atoms with van der Waals surface area (Å²) in [6.07, 6.45) is 15.0. The molecular formula is C16H21N5O. The molecule has 3 rings (SSSR count). The van der Waals surface area contributed by atoms with Gasteiger partial charge in [0.05, 0.1) is 0 Å². The standard InChI is InChI=1S/C16H21N5O/c22-15(19-13-6-4-2-1-3-5-7-13)14-8-9-18-16(20-14)21-11-10-17-12-21/h8-13H,1-7H2,(H,19,22). The van der Waals surface area contributed by atoms with Crippen LogP contribution in [0.1, 0.15) is 55.4 Å². The Morgan fingerprint density at radius 3 is 2.64 bits per heavy atom. The zero-order valence-electron chi connectivity index (χ0n) is 12.6. The lowest BCUT2D eigenvalue weighted by Crippen LogP contribution is -2.35. The molecule has 1 aliphatic carbocycles. The maximum absolute atomic E-state index is 12.4. The number of hydrogen-bond donors (Lipinski definition) is 1. The molecule has 1 saturated carbocycles. The van der Waals surface area contributed by atoms with Gasteiger partial charge in [0.2, 0.25) is 5.95 Å². The molecule has 2 heterocycles. The second kappa shape index (κ2) is 7.15. The highest BCUT2D eigenvalue weighted by Gasteiger charge is 2.16. The van der Waals surface area contributed by atoms with Gasteiger partial charge in [-0.25, -0.2) is 15.0 Å². The first kappa shape index (κ1) is 14.7. The average Bonchev–Trinajstić information content (AvgIpc) is 3.04. The summed E-state index contributed by atoms with van der Waals surface area (Å²) in [5, 5.41) is 3.12. The van der Waals surface area contributed by atoms with Crippen LogP contribution in [-0.4, -0.2) is 31.5 Å². The largest absolute Gasteiger partial charge is 0.348 e. The van der Waals surface area contributed by atoms with Crippen LogP contribution in [-0.2, 0) is 0 Å². The molecule has 1 aliphatic rings. The highest BCUT2D eigenvalue weighted by molar-refractivity contribution is 5.92. The van der Waals surface area contributed by atoms with Crippen LogP contribution in [0.25, 0.3) is 5.95 Å². The van der Waals surface area contributed by atoms with Crippen LogP contribution in [0.2, 0.25) is 0 Å². The van der Waals surface area contributed by atoms with Gasteiger partial charge in [-0.15, -0.1) is 0 Å². The van der Waals surface area contributed by atoms with Crippen molar-refractivity contribution in [2.75, 3.05) is 0 Å². The highest BCUT2D eigenvalue weighted by atomic mass is 16.1. The van der Waals surface area contributed by atoms with Crippen molar-refractivity contribution in [3.8, 4) is 5.95 Å². The van der Waals surface area contributed by atoms with E-state index in [2.05, 4.69) is 20.3 Å². The first-order chi connectivity index (χ1) is 10.8. The van der Waals surface area contributed by atoms with Gasteiger partial charge in [0.15, 0.2) is 0 Å². The van der Waals surface area contributed by atoms with E-state index in [1.54, 1.807) is 35.6 Å². The van der Waals surface area contributed by atoms with E-state index in [1.165, 1.54) is 32.1 Å². The first-order valence-corrected chi connectivity index (χ1v) is 7.95. The summed E-state index contributed by atoms with van der Waals surface area (Å²) in [7, 11) is 0. The minimum Gasteiger partial charge on any atom is -0.348 e. The third-order valence-electron chi connectivity index (χ3n) is 4.05. The van der Waals surface area contributed by atoms with Crippen molar-refractivity contribution in [2.24, 2.45) is 0 Å². The van der Waals surface area contributed by atoms with E-state index in [1.807, 2.05) is 0 Å². The SMILES string of the molecule is O=C(NC1CCCCCCC1)c1ccnc(-n2ccnc2)n1. The van der Waals surface area contributed by atoms with Gasteiger partial charge in [0.25, 0.3) is 5.91 Å². The van der Waals surface area contributed by atoms with Gasteiger partial charge in [0.1, 0.15) is 12.0 Å². The lowest BCUT2D eigenvalue weighted by atomic mass is 9.96. The molecule has 0 atom stereocenters. The Balaban J connectivity index is 1.68. The number of carbonyl (C=O) groups is 1. The molecule has 6 nitrogen and oxygen atoms in total. The summed E-state index contributed by atoms with van der Waals surface area (Å²) in [4.78, 5) is 24.9. The van der Waals surface area contributed by atoms with E-state index in [9.17, 15) is 4.79 Å². The van der Waals surface area contributed by atoms with Gasteiger partial charge in [0, 0.05) is 24.6 Å². The lowest BCUT2D eigenvalue weighted by Gasteiger charge is -2.20. The summed E-state index contributed by atoms with van der Waals surface area (Å²) in [5.41, 5.74) is 0.403. The number of amides is 1. The van der Waals surface area contributed by atoms with Crippen molar-refractivity contribution in [3.63, 3.8) is 0 Å². The molecule has 1 N–H and O–H groups in total. The van der Waals surface area contributed by atoms with E-state index < -0.39 is 0 Å². The first-order valence-electron chi connectivity index (χ1n) is 7.95. The molecular weight excluding hydrogens is 278 g/mol. The van der Waals surface area contributed by atoms with Gasteiger partial charge in [-0.2, -0.15) is 0 Å². The summed E-state index contributed by atoms with van der Waals surface area (Å²) in [5.74, 6) is 0.345. The fourth-order valence-corrected chi connectivity index (χ4v) is 2.84. The molecule has 6 heteroatoms. The zero-order valence-corrected chi connectivity index (χ0v) is 12.6. The van der Waals surface area contributed by atoms with Crippen LogP contribution in [0, 0.1) is 0 Å². The second-order valence-corrected chi connectivity index (χ2v) is 5.73. The molecule has 1 amide bonds. The minimum absolute atomic E-state index is 0.116. The molecule has 0 unspecified atom stereocenters. The minimum atomic E-state index is -0.116. The number of rotatable bonds is 3. The molecule has 0 aromatic carbocycles. The number of hydrogen-bond acceptors (Lipinski definition) is 4. The van der Waals surface area contributed by atoms with Crippen LogP contribution in [0.15, 0.2) is 31.0 Å². The Bertz CT molecular complexity index is 603. The molecule has 2 aromatic heterocycles. The Labute approximate surface area is 130 Å². The Hall–Kier alpha value is -2.24. The monoisotopic (exact) mass is 299 g/mol. The van der Waals surface area contributed by atoms with Crippen LogP contribution in [0.3, 0.4) is 0 Å². The number of nitrogens with zero attached hydrogens (tertiary/aromatic N) is 4. The number of carbonyl (C=O) groups excluding carboxylic acids is 1. The molecule has 0 spiro atoms. The molecule has 0 aliphatic heterocycles. The Morgan fingerprint density at radius 1 is 1.14 bits per heavy atom. The quantitative estimate of drug-likeness (QED) is 0.945. The van der Waals surface area contributed by atoms with Crippen molar-refractivity contribution in [1.82, 2.24) is 24.8 Å². The van der Waals surface area contributed by atoms with Gasteiger partial charge in [-0.1, -0.05) is 32.1 Å². The normalized spacial score (nSPS) is 16.7. The fraction of sp³-hybridized carbons (Fsp3) is 0.500. The summed E-state index contributed by atoms with van der Waals surface area (Å²) >= 11 is 0. The van der Waals surface area contributed by atoms with Gasteiger partial charge in [-0.3, -0.25) is 9.36 Å². The van der Waals surface area contributed by atoms with Crippen molar-refractivity contribution in [3.05, 3.63) is 36.7 Å². The van der Waals surface area contributed by atoms with Crippen LogP contribution >= 0.6 is 0 Å². The Morgan fingerprint density at radius 2 is 1.91 bits per heavy atom. The van der Waals surface area contributed by atoms with E-state index in [-0.39, 0.29) is 11.9 Å². The summed E-state index contributed by atoms with van der Waals surface area (Å²) in [6.45, 7) is 0. The second-order valence-electron chi connectivity index (χ2n) is 5.73. The number of aromatic nitrogens is 4. The maximum atomic E-state index is 12.4. The smallest absolute Gasteiger partial charge is 0.270 e. The van der Waals surface area contributed by atoms with Gasteiger partial charge in [-0.05, 0) is 18.9 Å². The fourth-order valence-electron chi connectivity index (χ4n) is 2.84. The zero-order chi connectivity index (χ0) is 15.2. The summed E-state index contributed by atoms with van der Waals surface area (Å²) < 4.78 is 1.69. The summed E-state index contributed by atoms with van der Waals surface area (Å²) in [6, 6.07) is 1.91. The molecule has 0 radical (unpaired) electrons. The van der Waals surface area contributed by atoms with Gasteiger partial charge < -0.3 is 5.32 Å². The molecule has 1 fully saturated rings. The van der Waals surface area contributed by atoms with Crippen molar-refractivity contribution < 1.29 is 4.79 Å². The molecule has 0 saturated heterocycles. The van der Waals surface area contributed by atoms with E-state index >= 15 is 0 Å². The molecule has 2 aromatic rings. The van der Waals surface area contributed by atoms with E-state index in [0.717, 1.165) is 12.8 Å². The van der Waals surface area contributed by atoms with E-state index in [0.29, 0.717) is 11.6 Å². The van der Waals surface area contributed by atoms with Crippen LogP contribution in [0.5, 0.6) is 0 Å². The number of nitrogens with one attached hydrogen (secondary N) is 1. The average molecular weight is 299 g/mol. The molecule has 22 heavy (non-hydrogen) atoms. The third kappa shape index (κ3) is 3.69. The molecule has 0 bridgehead atoms. The predicted octanol–water partition coefficient (Wildman–Crippen LogP) is 2.51. The third-order valence-corrected chi connectivity index (χ3v) is 4.05. The highest BCUT2D eigenvalue weighted by Crippen LogP contribution is 2.17. The van der Waals surface area contributed by atoms with Crippen molar-refractivity contribution in [2.45, 2.75) is 51.0 Å². The van der Waals surface area contributed by atoms with Crippen molar-refractivity contribution >= 4 is 5.91 Å². The Kier molecular flexibility index (Phi) is 4.78. The lowest BCUT2D eigenvalue weighted by molar-refractivity contribution is 0.0925.